The van der Waals surface area contributed by atoms with Gasteiger partial charge in [0.15, 0.2) is 5.75 Å². The monoisotopic (exact) mass is 369 g/mol. The van der Waals surface area contributed by atoms with Gasteiger partial charge in [0, 0.05) is 11.6 Å². The van der Waals surface area contributed by atoms with E-state index in [1.807, 2.05) is 0 Å². The summed E-state index contributed by atoms with van der Waals surface area (Å²) in [6, 6.07) is 10.7. The average Bonchev–Trinajstić information content (AvgIpc) is 2.68. The van der Waals surface area contributed by atoms with Crippen molar-refractivity contribution in [1.82, 2.24) is 4.98 Å². The fourth-order valence-corrected chi connectivity index (χ4v) is 2.57. The fourth-order valence-electron chi connectivity index (χ4n) is 2.57. The minimum atomic E-state index is -0.665. The van der Waals surface area contributed by atoms with E-state index < -0.39 is 17.8 Å². The first-order valence-corrected chi connectivity index (χ1v) is 8.16. The molecule has 0 amide bonds. The minimum Gasteiger partial charge on any atom is -0.465 e. The Bertz CT molecular complexity index is 1020. The maximum absolute atomic E-state index is 14.1. The quantitative estimate of drug-likeness (QED) is 0.630. The number of nitrogens with zero attached hydrogens (tertiary/aromatic N) is 1. The molecule has 27 heavy (non-hydrogen) atoms. The van der Waals surface area contributed by atoms with Gasteiger partial charge in [0.25, 0.3) is 0 Å². The summed E-state index contributed by atoms with van der Waals surface area (Å²) in [6.07, 6.45) is 1.19. The summed E-state index contributed by atoms with van der Waals surface area (Å²) >= 11 is 0. The van der Waals surface area contributed by atoms with Crippen LogP contribution in [0, 0.1) is 5.82 Å². The van der Waals surface area contributed by atoms with Gasteiger partial charge in [0.1, 0.15) is 28.2 Å². The second kappa shape index (κ2) is 7.82. The predicted octanol–water partition coefficient (Wildman–Crippen LogP) is 4.13. The first-order chi connectivity index (χ1) is 13.1. The van der Waals surface area contributed by atoms with Gasteiger partial charge in [0.05, 0.1) is 13.7 Å². The molecule has 3 rings (SSSR count). The summed E-state index contributed by atoms with van der Waals surface area (Å²) in [5.74, 6) is -1.62. The average molecular weight is 369 g/mol. The molecule has 0 bridgehead atoms. The maximum Gasteiger partial charge on any atom is 0.343 e. The lowest BCUT2D eigenvalue weighted by Crippen LogP contribution is -2.09. The van der Waals surface area contributed by atoms with Crippen molar-refractivity contribution >= 4 is 22.8 Å². The molecular weight excluding hydrogens is 353 g/mol. The Hall–Kier alpha value is -3.48. The second-order valence-corrected chi connectivity index (χ2v) is 5.45. The molecule has 0 aliphatic heterocycles. The Balaban J connectivity index is 2.20. The number of rotatable bonds is 5. The lowest BCUT2D eigenvalue weighted by molar-refractivity contribution is 0.0523. The number of fused-ring (bicyclic) bond motifs is 1. The molecule has 138 valence electrons. The van der Waals surface area contributed by atoms with Crippen LogP contribution >= 0.6 is 0 Å². The number of esters is 2. The number of carbonyl (C=O) groups is 2. The number of halogens is 1. The lowest BCUT2D eigenvalue weighted by Gasteiger charge is -2.15. The summed E-state index contributed by atoms with van der Waals surface area (Å²) in [7, 11) is 1.25. The third-order valence-electron chi connectivity index (χ3n) is 3.80. The summed E-state index contributed by atoms with van der Waals surface area (Å²) in [4.78, 5) is 28.3. The van der Waals surface area contributed by atoms with Crippen molar-refractivity contribution in [2.75, 3.05) is 13.7 Å². The third-order valence-corrected chi connectivity index (χ3v) is 3.80. The van der Waals surface area contributed by atoms with E-state index in [1.165, 1.54) is 31.5 Å². The third kappa shape index (κ3) is 3.57. The first-order valence-electron chi connectivity index (χ1n) is 8.16. The SMILES string of the molecule is CCOC(=O)c1cnc2c(F)cccc2c1Oc1ccccc1C(=O)OC. The van der Waals surface area contributed by atoms with Crippen LogP contribution in [-0.2, 0) is 9.47 Å². The van der Waals surface area contributed by atoms with E-state index in [4.69, 9.17) is 14.2 Å². The van der Waals surface area contributed by atoms with Gasteiger partial charge in [-0.1, -0.05) is 18.2 Å². The molecule has 0 aliphatic rings. The van der Waals surface area contributed by atoms with Gasteiger partial charge in [0.2, 0.25) is 0 Å². The van der Waals surface area contributed by atoms with Crippen molar-refractivity contribution in [3.05, 3.63) is 65.6 Å². The number of benzene rings is 2. The van der Waals surface area contributed by atoms with Gasteiger partial charge >= 0.3 is 11.9 Å². The van der Waals surface area contributed by atoms with Crippen LogP contribution < -0.4 is 4.74 Å². The van der Waals surface area contributed by atoms with Gasteiger partial charge in [-0.3, -0.25) is 4.98 Å². The van der Waals surface area contributed by atoms with Crippen molar-refractivity contribution in [2.45, 2.75) is 6.92 Å². The summed E-state index contributed by atoms with van der Waals surface area (Å²) in [5, 5.41) is 0.278. The molecule has 0 radical (unpaired) electrons. The van der Waals surface area contributed by atoms with Crippen LogP contribution in [0.15, 0.2) is 48.7 Å². The molecule has 2 aromatic carbocycles. The molecule has 6 nitrogen and oxygen atoms in total. The molecular formula is C20H16FNO5. The molecule has 7 heteroatoms. The zero-order valence-corrected chi connectivity index (χ0v) is 14.7. The van der Waals surface area contributed by atoms with Crippen molar-refractivity contribution in [3.63, 3.8) is 0 Å². The summed E-state index contributed by atoms with van der Waals surface area (Å²) in [5.41, 5.74) is 0.224. The number of pyridine rings is 1. The first kappa shape index (κ1) is 18.3. The molecule has 1 heterocycles. The van der Waals surface area contributed by atoms with Crippen molar-refractivity contribution in [3.8, 4) is 11.5 Å². The maximum atomic E-state index is 14.1. The standard InChI is InChI=1S/C20H16FNO5/c1-3-26-20(24)14-11-22-17-13(8-6-9-15(17)21)18(14)27-16-10-5-4-7-12(16)19(23)25-2/h4-11H,3H2,1-2H3. The number of carbonyl (C=O) groups excluding carboxylic acids is 2. The van der Waals surface area contributed by atoms with E-state index in [0.29, 0.717) is 0 Å². The number of methoxy groups -OCH3 is 1. The van der Waals surface area contributed by atoms with Crippen molar-refractivity contribution < 1.29 is 28.2 Å². The number of aromatic nitrogens is 1. The largest absolute Gasteiger partial charge is 0.465 e. The normalized spacial score (nSPS) is 10.5. The Morgan fingerprint density at radius 1 is 1.04 bits per heavy atom. The van der Waals surface area contributed by atoms with Crippen LogP contribution in [0.3, 0.4) is 0 Å². The lowest BCUT2D eigenvalue weighted by atomic mass is 10.1. The molecule has 0 N–H and O–H groups in total. The molecule has 0 saturated carbocycles. The van der Waals surface area contributed by atoms with Gasteiger partial charge in [-0.25, -0.2) is 14.0 Å². The zero-order chi connectivity index (χ0) is 19.4. The predicted molar refractivity (Wildman–Crippen MR) is 95.5 cm³/mol. The van der Waals surface area contributed by atoms with Gasteiger partial charge in [-0.2, -0.15) is 0 Å². The fraction of sp³-hybridized carbons (Fsp3) is 0.150. The highest BCUT2D eigenvalue weighted by atomic mass is 19.1. The summed E-state index contributed by atoms with van der Waals surface area (Å²) in [6.45, 7) is 1.82. The van der Waals surface area contributed by atoms with E-state index in [9.17, 15) is 14.0 Å². The van der Waals surface area contributed by atoms with Crippen molar-refractivity contribution in [2.24, 2.45) is 0 Å². The molecule has 1 aromatic heterocycles. The Labute approximate surface area is 154 Å². The van der Waals surface area contributed by atoms with Crippen LogP contribution in [0.25, 0.3) is 10.9 Å². The highest BCUT2D eigenvalue weighted by Gasteiger charge is 2.22. The van der Waals surface area contributed by atoms with Crippen LogP contribution in [-0.4, -0.2) is 30.6 Å². The number of ether oxygens (including phenoxy) is 3. The van der Waals surface area contributed by atoms with Crippen LogP contribution in [0.5, 0.6) is 11.5 Å². The van der Waals surface area contributed by atoms with E-state index in [-0.39, 0.29) is 40.1 Å². The van der Waals surface area contributed by atoms with Crippen LogP contribution in [0.1, 0.15) is 27.6 Å². The van der Waals surface area contributed by atoms with E-state index >= 15 is 0 Å². The van der Waals surface area contributed by atoms with Crippen molar-refractivity contribution in [1.29, 1.82) is 0 Å². The topological polar surface area (TPSA) is 74.7 Å². The number of para-hydroxylation sites is 2. The molecule has 0 atom stereocenters. The Morgan fingerprint density at radius 3 is 2.56 bits per heavy atom. The molecule has 0 unspecified atom stereocenters. The molecule has 0 saturated heterocycles. The van der Waals surface area contributed by atoms with E-state index in [1.54, 1.807) is 31.2 Å². The number of hydrogen-bond acceptors (Lipinski definition) is 6. The Morgan fingerprint density at radius 2 is 1.81 bits per heavy atom. The van der Waals surface area contributed by atoms with Crippen LogP contribution in [0.2, 0.25) is 0 Å². The zero-order valence-electron chi connectivity index (χ0n) is 14.7. The smallest absolute Gasteiger partial charge is 0.343 e. The van der Waals surface area contributed by atoms with Gasteiger partial charge in [-0.05, 0) is 31.2 Å². The molecule has 0 spiro atoms. The molecule has 3 aromatic rings. The van der Waals surface area contributed by atoms with E-state index in [2.05, 4.69) is 4.98 Å². The minimum absolute atomic E-state index is 0.0228. The second-order valence-electron chi connectivity index (χ2n) is 5.45. The Kier molecular flexibility index (Phi) is 5.30. The van der Waals surface area contributed by atoms with Gasteiger partial charge < -0.3 is 14.2 Å². The number of hydrogen-bond donors (Lipinski definition) is 0. The highest BCUT2D eigenvalue weighted by molar-refractivity contribution is 6.00. The van der Waals surface area contributed by atoms with Gasteiger partial charge in [-0.15, -0.1) is 0 Å². The van der Waals surface area contributed by atoms with E-state index in [0.717, 1.165) is 0 Å². The summed E-state index contributed by atoms with van der Waals surface area (Å²) < 4.78 is 29.8. The molecule has 0 fully saturated rings. The highest BCUT2D eigenvalue weighted by Crippen LogP contribution is 2.35. The van der Waals surface area contributed by atoms with Crippen LogP contribution in [0.4, 0.5) is 4.39 Å². The molecule has 0 aliphatic carbocycles.